The van der Waals surface area contributed by atoms with Crippen LogP contribution in [0.25, 0.3) is 33.0 Å². The van der Waals surface area contributed by atoms with E-state index >= 15 is 0 Å². The van der Waals surface area contributed by atoms with E-state index in [0.717, 1.165) is 9.52 Å². The maximum atomic E-state index is 4.93. The van der Waals surface area contributed by atoms with Crippen molar-refractivity contribution >= 4 is 47.7 Å². The molecular weight excluding hydrogens is 647 g/mol. The summed E-state index contributed by atoms with van der Waals surface area (Å²) in [5.41, 5.74) is 11.4. The zero-order chi connectivity index (χ0) is 30.6. The zero-order valence-corrected chi connectivity index (χ0v) is 31.0. The second kappa shape index (κ2) is 14.3. The third kappa shape index (κ3) is 7.62. The number of hydrogen-bond acceptors (Lipinski definition) is 0. The van der Waals surface area contributed by atoms with Gasteiger partial charge in [0.15, 0.2) is 0 Å². The van der Waals surface area contributed by atoms with Crippen molar-refractivity contribution in [2.24, 2.45) is 0 Å². The number of hydrogen-bond donors (Lipinski definition) is 0. The summed E-state index contributed by atoms with van der Waals surface area (Å²) in [6.45, 7) is 18.3. The van der Waals surface area contributed by atoms with Crippen LogP contribution in [0, 0.1) is 13.0 Å². The van der Waals surface area contributed by atoms with Crippen LogP contribution >= 0.6 is 17.0 Å². The molecular formula is C38H40Cl2SiZr. The molecule has 42 heavy (non-hydrogen) atoms. The molecule has 5 aromatic carbocycles. The minimum atomic E-state index is -0.826. The summed E-state index contributed by atoms with van der Waals surface area (Å²) in [5, 5.41) is 5.57. The Labute approximate surface area is 274 Å². The first-order valence-corrected chi connectivity index (χ1v) is 22.0. The van der Waals surface area contributed by atoms with Crippen LogP contribution in [0.1, 0.15) is 82.6 Å². The molecule has 1 aliphatic rings. The van der Waals surface area contributed by atoms with E-state index in [1.807, 2.05) is 6.07 Å². The molecule has 1 heterocycles. The Bertz CT molecular complexity index is 1590. The summed E-state index contributed by atoms with van der Waals surface area (Å²) in [7, 11) is 10.7. The van der Waals surface area contributed by atoms with Gasteiger partial charge in [-0.1, -0.05) is 113 Å². The second-order valence-corrected chi connectivity index (χ2v) is 17.7. The van der Waals surface area contributed by atoms with Crippen LogP contribution < -0.4 is 10.4 Å². The molecule has 6 rings (SSSR count). The minimum absolute atomic E-state index is 0.174. The molecule has 5 aromatic rings. The molecule has 0 N–H and O–H groups in total. The van der Waals surface area contributed by atoms with Gasteiger partial charge < -0.3 is 0 Å². The van der Waals surface area contributed by atoms with Crippen molar-refractivity contribution in [1.82, 2.24) is 0 Å². The monoisotopic (exact) mass is 684 g/mol. The molecule has 0 spiro atoms. The Hall–Kier alpha value is -1.83. The summed E-state index contributed by atoms with van der Waals surface area (Å²) in [4.78, 5) is 0. The summed E-state index contributed by atoms with van der Waals surface area (Å²) in [6, 6.07) is 34.7. The second-order valence-electron chi connectivity index (χ2n) is 12.7. The molecule has 0 saturated carbocycles. The van der Waals surface area contributed by atoms with Crippen LogP contribution in [0.3, 0.4) is 0 Å². The molecule has 0 aromatic heterocycles. The largest absolute Gasteiger partial charge is 0.184 e. The van der Waals surface area contributed by atoms with Crippen LogP contribution in [0.4, 0.5) is 0 Å². The van der Waals surface area contributed by atoms with Gasteiger partial charge >= 0.3 is 37.9 Å². The van der Waals surface area contributed by atoms with Gasteiger partial charge in [-0.05, 0) is 40.9 Å². The van der Waals surface area contributed by atoms with Crippen molar-refractivity contribution in [3.05, 3.63) is 113 Å². The molecule has 0 nitrogen and oxygen atoms in total. The molecule has 0 amide bonds. The number of rotatable bonds is 3. The number of fused-ring (bicyclic) bond motifs is 4. The number of benzene rings is 4. The Kier molecular flexibility index (Phi) is 11.3. The van der Waals surface area contributed by atoms with Gasteiger partial charge in [-0.3, -0.25) is 0 Å². The van der Waals surface area contributed by atoms with Crippen molar-refractivity contribution in [3.8, 4) is 22.3 Å². The topological polar surface area (TPSA) is 0 Å². The zero-order valence-electron chi connectivity index (χ0n) is 26.0. The van der Waals surface area contributed by atoms with Crippen molar-refractivity contribution in [3.63, 3.8) is 0 Å². The van der Waals surface area contributed by atoms with Crippen LogP contribution in [0.15, 0.2) is 84.9 Å². The maximum Gasteiger partial charge on any atom is 0.0920 e. The van der Waals surface area contributed by atoms with Gasteiger partial charge in [-0.15, -0.1) is 40.1 Å². The summed E-state index contributed by atoms with van der Waals surface area (Å²) in [6.07, 6.45) is 0. The average Bonchev–Trinajstić information content (AvgIpc) is 3.55. The summed E-state index contributed by atoms with van der Waals surface area (Å²) < 4.78 is 0. The number of halogens is 2. The normalized spacial score (nSPS) is 11.8. The van der Waals surface area contributed by atoms with Crippen LogP contribution in [0.2, 0.25) is 0 Å². The predicted molar refractivity (Wildman–Crippen MR) is 184 cm³/mol. The van der Waals surface area contributed by atoms with E-state index in [1.165, 1.54) is 65.7 Å². The van der Waals surface area contributed by atoms with E-state index < -0.39 is 20.8 Å². The van der Waals surface area contributed by atoms with E-state index in [9.17, 15) is 0 Å². The SMILES string of the molecule is Cc1ccc2[cH-]c(C(C)(C)C)cc2c1-c1cc(C(C)C)cc(C(C)C)c1.[Cl][Zr+2][Cl].[c-]1cccc2c1[Si]c1ccccc1-2. The fraction of sp³-hybridized carbons (Fsp3) is 0.289. The van der Waals surface area contributed by atoms with E-state index in [0.29, 0.717) is 11.8 Å². The first-order valence-electron chi connectivity index (χ1n) is 14.6. The molecule has 0 unspecified atom stereocenters. The van der Waals surface area contributed by atoms with Gasteiger partial charge in [0.1, 0.15) is 0 Å². The van der Waals surface area contributed by atoms with Crippen molar-refractivity contribution in [2.45, 2.75) is 72.6 Å². The molecule has 2 radical (unpaired) electrons. The fourth-order valence-electron chi connectivity index (χ4n) is 5.42. The van der Waals surface area contributed by atoms with E-state index in [1.54, 1.807) is 0 Å². The molecule has 0 saturated heterocycles. The van der Waals surface area contributed by atoms with Gasteiger partial charge in [0.25, 0.3) is 0 Å². The van der Waals surface area contributed by atoms with Crippen LogP contribution in [-0.4, -0.2) is 9.52 Å². The molecule has 0 atom stereocenters. The average molecular weight is 687 g/mol. The summed E-state index contributed by atoms with van der Waals surface area (Å²) in [5.74, 6) is 1.08. The molecule has 214 valence electrons. The van der Waals surface area contributed by atoms with E-state index in [2.05, 4.69) is 140 Å². The van der Waals surface area contributed by atoms with Gasteiger partial charge in [0.05, 0.1) is 9.52 Å². The molecule has 4 heteroatoms. The van der Waals surface area contributed by atoms with Gasteiger partial charge in [-0.2, -0.15) is 35.5 Å². The Morgan fingerprint density at radius 3 is 2.05 bits per heavy atom. The predicted octanol–water partition coefficient (Wildman–Crippen LogP) is 10.6. The molecule has 1 aliphatic heterocycles. The third-order valence-electron chi connectivity index (χ3n) is 7.90. The molecule has 0 bridgehead atoms. The quantitative estimate of drug-likeness (QED) is 0.128. The van der Waals surface area contributed by atoms with Crippen LogP contribution in [-0.2, 0) is 26.3 Å². The van der Waals surface area contributed by atoms with Crippen molar-refractivity contribution < 1.29 is 20.8 Å². The fourth-order valence-corrected chi connectivity index (χ4v) is 6.73. The molecule has 0 fully saturated rings. The third-order valence-corrected chi connectivity index (χ3v) is 9.27. The van der Waals surface area contributed by atoms with E-state index in [4.69, 9.17) is 17.0 Å². The Balaban J connectivity index is 0.000000209. The van der Waals surface area contributed by atoms with E-state index in [-0.39, 0.29) is 5.41 Å². The maximum absolute atomic E-state index is 4.93. The Morgan fingerprint density at radius 2 is 1.43 bits per heavy atom. The first-order chi connectivity index (χ1) is 19.9. The summed E-state index contributed by atoms with van der Waals surface area (Å²) >= 11 is -0.826. The van der Waals surface area contributed by atoms with Crippen LogP contribution in [0.5, 0.6) is 0 Å². The molecule has 0 aliphatic carbocycles. The smallest absolute Gasteiger partial charge is 0.0920 e. The van der Waals surface area contributed by atoms with Gasteiger partial charge in [0.2, 0.25) is 0 Å². The number of aryl methyl sites for hydroxylation is 1. The standard InChI is InChI=1S/C26H33.C12H7Si.2ClH.Zr/c1-16(2)20-11-21(17(3)4)13-22(12-20)25-18(5)9-10-19-14-23(15-24(19)25)26(6,7)8;1-3-7-11-9(5-1)10-6-2-4-8-12(10)13-11;;;/h9-17H,1-8H3;1-7H;2*1H;/q2*-1;;;+4/p-2. The van der Waals surface area contributed by atoms with Crippen molar-refractivity contribution in [2.75, 3.05) is 0 Å². The Morgan fingerprint density at radius 1 is 0.810 bits per heavy atom. The van der Waals surface area contributed by atoms with Gasteiger partial charge in [0, 0.05) is 0 Å². The van der Waals surface area contributed by atoms with Crippen molar-refractivity contribution in [1.29, 1.82) is 0 Å². The minimum Gasteiger partial charge on any atom is -0.184 e. The van der Waals surface area contributed by atoms with Gasteiger partial charge in [-0.25, -0.2) is 0 Å². The first kappa shape index (κ1) is 33.1.